The van der Waals surface area contributed by atoms with Crippen LogP contribution in [0.4, 0.5) is 0 Å². The first-order valence-corrected chi connectivity index (χ1v) is 14.2. The number of nitrogens with one attached hydrogen (secondary N) is 1. The van der Waals surface area contributed by atoms with Crippen LogP contribution in [0.2, 0.25) is 0 Å². The second kappa shape index (κ2) is 12.3. The quantitative estimate of drug-likeness (QED) is 0.357. The predicted molar refractivity (Wildman–Crippen MR) is 148 cm³/mol. The number of carbonyl (C=O) groups excluding carboxylic acids is 2. The van der Waals surface area contributed by atoms with Gasteiger partial charge in [0.2, 0.25) is 17.7 Å². The minimum atomic E-state index is -1.09. The third-order valence-electron chi connectivity index (χ3n) is 8.09. The molecular formula is C31H39N3O5. The summed E-state index contributed by atoms with van der Waals surface area (Å²) in [5, 5.41) is 14.3. The van der Waals surface area contributed by atoms with Crippen molar-refractivity contribution in [2.24, 2.45) is 11.3 Å². The van der Waals surface area contributed by atoms with Gasteiger partial charge in [0.15, 0.2) is 11.7 Å². The summed E-state index contributed by atoms with van der Waals surface area (Å²) < 4.78 is 11.2. The summed E-state index contributed by atoms with van der Waals surface area (Å²) in [5.74, 6) is -0.495. The number of aliphatic hydroxyl groups is 1. The third kappa shape index (κ3) is 6.86. The van der Waals surface area contributed by atoms with E-state index in [0.717, 1.165) is 25.7 Å². The molecule has 2 heterocycles. The molecule has 2 aromatic carbocycles. The van der Waals surface area contributed by atoms with E-state index >= 15 is 0 Å². The van der Waals surface area contributed by atoms with E-state index in [-0.39, 0.29) is 29.5 Å². The normalized spacial score (nSPS) is 18.9. The number of benzene rings is 2. The average Bonchev–Trinajstić information content (AvgIpc) is 3.57. The molecule has 2 aliphatic rings. The maximum atomic E-state index is 13.8. The molecule has 2 fully saturated rings. The van der Waals surface area contributed by atoms with Gasteiger partial charge in [-0.2, -0.15) is 0 Å². The number of nitrogens with zero attached hydrogens (tertiary/aromatic N) is 2. The van der Waals surface area contributed by atoms with Crippen LogP contribution in [-0.2, 0) is 20.7 Å². The van der Waals surface area contributed by atoms with Gasteiger partial charge in [-0.3, -0.25) is 9.59 Å². The van der Waals surface area contributed by atoms with Crippen LogP contribution in [0.25, 0.3) is 11.1 Å². The fourth-order valence-corrected chi connectivity index (χ4v) is 5.70. The number of fused-ring (bicyclic) bond motifs is 1. The molecular weight excluding hydrogens is 494 g/mol. The number of morpholine rings is 1. The van der Waals surface area contributed by atoms with E-state index in [1.54, 1.807) is 11.0 Å². The van der Waals surface area contributed by atoms with Gasteiger partial charge >= 0.3 is 0 Å². The summed E-state index contributed by atoms with van der Waals surface area (Å²) in [7, 11) is 0. The van der Waals surface area contributed by atoms with E-state index in [2.05, 4.69) is 22.4 Å². The highest BCUT2D eigenvalue weighted by molar-refractivity contribution is 5.86. The molecule has 5 rings (SSSR count). The van der Waals surface area contributed by atoms with Crippen molar-refractivity contribution in [2.45, 2.75) is 64.0 Å². The fourth-order valence-electron chi connectivity index (χ4n) is 5.70. The summed E-state index contributed by atoms with van der Waals surface area (Å²) in [6.07, 6.45) is 4.01. The van der Waals surface area contributed by atoms with Crippen molar-refractivity contribution in [3.8, 4) is 0 Å². The Hall–Kier alpha value is -3.23. The third-order valence-corrected chi connectivity index (χ3v) is 8.09. The Morgan fingerprint density at radius 2 is 1.79 bits per heavy atom. The molecule has 3 aromatic rings. The van der Waals surface area contributed by atoms with E-state index in [0.29, 0.717) is 50.2 Å². The largest absolute Gasteiger partial charge is 0.438 e. The number of amides is 2. The number of hydrogen-bond donors (Lipinski definition) is 2. The zero-order valence-corrected chi connectivity index (χ0v) is 22.7. The Morgan fingerprint density at radius 1 is 1.08 bits per heavy atom. The summed E-state index contributed by atoms with van der Waals surface area (Å²) >= 11 is 0. The Bertz CT molecular complexity index is 1220. The summed E-state index contributed by atoms with van der Waals surface area (Å²) in [5.41, 5.74) is 2.54. The molecule has 0 spiro atoms. The number of aromatic nitrogens is 1. The van der Waals surface area contributed by atoms with Crippen molar-refractivity contribution in [2.75, 3.05) is 26.3 Å². The van der Waals surface area contributed by atoms with Gasteiger partial charge in [0.05, 0.1) is 19.3 Å². The lowest BCUT2D eigenvalue weighted by Gasteiger charge is -2.30. The minimum Gasteiger partial charge on any atom is -0.438 e. The van der Waals surface area contributed by atoms with Gasteiger partial charge in [0.1, 0.15) is 5.52 Å². The van der Waals surface area contributed by atoms with Crippen LogP contribution in [0.15, 0.2) is 59.0 Å². The van der Waals surface area contributed by atoms with E-state index in [9.17, 15) is 14.7 Å². The highest BCUT2D eigenvalue weighted by atomic mass is 16.5. The molecule has 8 heteroatoms. The number of rotatable bonds is 12. The van der Waals surface area contributed by atoms with Crippen LogP contribution >= 0.6 is 0 Å². The Morgan fingerprint density at radius 3 is 2.49 bits per heavy atom. The number of aliphatic hydroxyl groups excluding tert-OH is 1. The van der Waals surface area contributed by atoms with Crippen LogP contribution in [-0.4, -0.2) is 59.1 Å². The van der Waals surface area contributed by atoms with Crippen LogP contribution in [0, 0.1) is 11.3 Å². The van der Waals surface area contributed by atoms with E-state index < -0.39 is 18.1 Å². The van der Waals surface area contributed by atoms with Crippen molar-refractivity contribution in [3.63, 3.8) is 0 Å². The smallest absolute Gasteiger partial charge is 0.226 e. The van der Waals surface area contributed by atoms with Gasteiger partial charge in [0, 0.05) is 25.4 Å². The van der Waals surface area contributed by atoms with Crippen LogP contribution < -0.4 is 5.32 Å². The summed E-state index contributed by atoms with van der Waals surface area (Å²) in [4.78, 5) is 33.4. The molecule has 1 aliphatic carbocycles. The molecule has 2 N–H and O–H groups in total. The number of oxazole rings is 1. The average molecular weight is 534 g/mol. The first-order chi connectivity index (χ1) is 19.0. The second-order valence-corrected chi connectivity index (χ2v) is 11.1. The van der Waals surface area contributed by atoms with Gasteiger partial charge in [0.25, 0.3) is 0 Å². The molecule has 1 aromatic heterocycles. The van der Waals surface area contributed by atoms with Crippen molar-refractivity contribution in [1.82, 2.24) is 15.2 Å². The molecule has 1 saturated carbocycles. The number of carbonyl (C=O) groups is 2. The van der Waals surface area contributed by atoms with Gasteiger partial charge < -0.3 is 24.5 Å². The van der Waals surface area contributed by atoms with E-state index in [1.165, 1.54) is 5.56 Å². The van der Waals surface area contributed by atoms with Crippen molar-refractivity contribution < 1.29 is 23.8 Å². The van der Waals surface area contributed by atoms with Crippen LogP contribution in [0.5, 0.6) is 0 Å². The minimum absolute atomic E-state index is 0.0134. The number of para-hydroxylation sites is 2. The zero-order chi connectivity index (χ0) is 27.2. The molecule has 0 bridgehead atoms. The SMILES string of the molecule is CCCC(NC(=O)C(CC(=O)N1CCOCC1)CC1(Cc2ccccc2)CC1)[C@H](O)c1nc2ccccc2o1. The van der Waals surface area contributed by atoms with Crippen molar-refractivity contribution in [3.05, 3.63) is 66.1 Å². The highest BCUT2D eigenvalue weighted by Crippen LogP contribution is 2.53. The first-order valence-electron chi connectivity index (χ1n) is 14.2. The van der Waals surface area contributed by atoms with Gasteiger partial charge in [-0.25, -0.2) is 4.98 Å². The van der Waals surface area contributed by atoms with Gasteiger partial charge in [-0.1, -0.05) is 55.8 Å². The maximum Gasteiger partial charge on any atom is 0.226 e. The van der Waals surface area contributed by atoms with E-state index in [4.69, 9.17) is 9.15 Å². The second-order valence-electron chi connectivity index (χ2n) is 11.1. The predicted octanol–water partition coefficient (Wildman–Crippen LogP) is 4.42. The summed E-state index contributed by atoms with van der Waals surface area (Å²) in [6, 6.07) is 17.1. The standard InChI is InChI=1S/C31H39N3O5/c1-2-8-25(28(36)30-33-24-11-6-7-12-26(24)39-30)32-29(37)23(19-27(35)34-15-17-38-18-16-34)21-31(13-14-31)20-22-9-4-3-5-10-22/h3-7,9-12,23,25,28,36H,2,8,13-21H2,1H3,(H,32,37)/t23?,25?,28-/m0/s1. The molecule has 1 saturated heterocycles. The number of hydrogen-bond acceptors (Lipinski definition) is 6. The number of ether oxygens (including phenoxy) is 1. The van der Waals surface area contributed by atoms with E-state index in [1.807, 2.05) is 43.3 Å². The van der Waals surface area contributed by atoms with Gasteiger partial charge in [-0.05, 0) is 55.2 Å². The molecule has 2 unspecified atom stereocenters. The summed E-state index contributed by atoms with van der Waals surface area (Å²) in [6.45, 7) is 4.16. The monoisotopic (exact) mass is 533 g/mol. The van der Waals surface area contributed by atoms with Crippen LogP contribution in [0.1, 0.15) is 63.0 Å². The van der Waals surface area contributed by atoms with Crippen molar-refractivity contribution in [1.29, 1.82) is 0 Å². The molecule has 1 aliphatic heterocycles. The molecule has 2 amide bonds. The Balaban J connectivity index is 1.32. The molecule has 8 nitrogen and oxygen atoms in total. The van der Waals surface area contributed by atoms with Crippen molar-refractivity contribution >= 4 is 22.9 Å². The van der Waals surface area contributed by atoms with Crippen LogP contribution in [0.3, 0.4) is 0 Å². The zero-order valence-electron chi connectivity index (χ0n) is 22.7. The van der Waals surface area contributed by atoms with Gasteiger partial charge in [-0.15, -0.1) is 0 Å². The maximum absolute atomic E-state index is 13.8. The fraction of sp³-hybridized carbons (Fsp3) is 0.516. The first kappa shape index (κ1) is 27.3. The highest BCUT2D eigenvalue weighted by Gasteiger charge is 2.46. The Labute approximate surface area is 229 Å². The molecule has 39 heavy (non-hydrogen) atoms. The lowest BCUT2D eigenvalue weighted by Crippen LogP contribution is -2.46. The molecule has 0 radical (unpaired) electrons. The molecule has 3 atom stereocenters. The lowest BCUT2D eigenvalue weighted by atomic mass is 9.84. The lowest BCUT2D eigenvalue weighted by molar-refractivity contribution is -0.140. The topological polar surface area (TPSA) is 105 Å². The molecule has 208 valence electrons. The Kier molecular flexibility index (Phi) is 8.63.